The lowest BCUT2D eigenvalue weighted by atomic mass is 10.1. The number of aryl methyl sites for hydroxylation is 2. The first kappa shape index (κ1) is 21.0. The van der Waals surface area contributed by atoms with Gasteiger partial charge >= 0.3 is 0 Å². The minimum atomic E-state index is 0.283. The largest absolute Gasteiger partial charge is 0.481 e. The maximum Gasteiger partial charge on any atom is 0.231 e. The molecule has 0 bridgehead atoms. The van der Waals surface area contributed by atoms with Crippen molar-refractivity contribution in [1.82, 2.24) is 39.3 Å². The predicted molar refractivity (Wildman–Crippen MR) is 128 cm³/mol. The van der Waals surface area contributed by atoms with Gasteiger partial charge in [-0.05, 0) is 32.4 Å². The van der Waals surface area contributed by atoms with E-state index in [1.165, 1.54) is 0 Å². The summed E-state index contributed by atoms with van der Waals surface area (Å²) in [5.41, 5.74) is 1.95. The van der Waals surface area contributed by atoms with Crippen molar-refractivity contribution < 1.29 is 4.74 Å². The second-order valence-corrected chi connectivity index (χ2v) is 8.82. The van der Waals surface area contributed by atoms with Crippen molar-refractivity contribution in [1.29, 1.82) is 0 Å². The van der Waals surface area contributed by atoms with E-state index in [2.05, 4.69) is 41.0 Å². The number of nitrogens with one attached hydrogen (secondary N) is 1. The normalized spacial score (nSPS) is 11.5. The molecule has 1 N–H and O–H groups in total. The third-order valence-electron chi connectivity index (χ3n) is 5.25. The molecule has 0 fully saturated rings. The fourth-order valence-electron chi connectivity index (χ4n) is 3.52. The van der Waals surface area contributed by atoms with Crippen LogP contribution in [0.25, 0.3) is 32.4 Å². The lowest BCUT2D eigenvalue weighted by molar-refractivity contribution is 0.397. The van der Waals surface area contributed by atoms with E-state index in [1.54, 1.807) is 36.9 Å². The van der Waals surface area contributed by atoms with Crippen LogP contribution in [0.1, 0.15) is 25.5 Å². The van der Waals surface area contributed by atoms with Crippen molar-refractivity contribution in [3.05, 3.63) is 42.5 Å². The predicted octanol–water partition coefficient (Wildman–Crippen LogP) is 4.39. The Morgan fingerprint density at radius 2 is 1.91 bits per heavy atom. The standard InChI is InChI=1S/C22H23N9OS/c1-12(2)31-10-7-14(29-31)17-13(3)16-18(28-22-24-8-6-15(25-22)32-5)26-19(27-21(16)33-17)20-23-9-11-30(20)4/h6-12H,1-5H3,(H,24,25,26,27,28). The number of methoxy groups -OCH3 is 1. The van der Waals surface area contributed by atoms with Crippen LogP contribution < -0.4 is 10.1 Å². The van der Waals surface area contributed by atoms with Gasteiger partial charge in [-0.25, -0.2) is 19.9 Å². The molecule has 5 heterocycles. The van der Waals surface area contributed by atoms with Crippen LogP contribution in [-0.2, 0) is 7.05 Å². The molecule has 0 atom stereocenters. The molecule has 0 saturated carbocycles. The zero-order valence-electron chi connectivity index (χ0n) is 18.9. The van der Waals surface area contributed by atoms with Gasteiger partial charge in [0.15, 0.2) is 11.6 Å². The smallest absolute Gasteiger partial charge is 0.231 e. The Kier molecular flexibility index (Phi) is 5.25. The van der Waals surface area contributed by atoms with Gasteiger partial charge in [0.25, 0.3) is 0 Å². The Morgan fingerprint density at radius 3 is 2.61 bits per heavy atom. The maximum absolute atomic E-state index is 5.24. The maximum atomic E-state index is 5.24. The molecule has 0 radical (unpaired) electrons. The van der Waals surface area contributed by atoms with E-state index in [9.17, 15) is 0 Å². The summed E-state index contributed by atoms with van der Waals surface area (Å²) in [4.78, 5) is 24.7. The van der Waals surface area contributed by atoms with E-state index in [4.69, 9.17) is 19.8 Å². The average Bonchev–Trinajstić information content (AvgIpc) is 3.52. The molecule has 0 aromatic carbocycles. The molecule has 0 spiro atoms. The Bertz CT molecular complexity index is 1450. The number of aromatic nitrogens is 8. The summed E-state index contributed by atoms with van der Waals surface area (Å²) in [7, 11) is 3.48. The molecular formula is C22H23N9OS. The van der Waals surface area contributed by atoms with Crippen LogP contribution in [0.2, 0.25) is 0 Å². The van der Waals surface area contributed by atoms with Crippen LogP contribution in [0.3, 0.4) is 0 Å². The highest BCUT2D eigenvalue weighted by Gasteiger charge is 2.21. The molecule has 0 aliphatic heterocycles. The molecule has 10 nitrogen and oxygen atoms in total. The third-order valence-corrected chi connectivity index (χ3v) is 6.46. The van der Waals surface area contributed by atoms with Gasteiger partial charge < -0.3 is 14.6 Å². The average molecular weight is 462 g/mol. The Hall–Kier alpha value is -3.86. The summed E-state index contributed by atoms with van der Waals surface area (Å²) < 4.78 is 9.08. The fourth-order valence-corrected chi connectivity index (χ4v) is 4.67. The summed E-state index contributed by atoms with van der Waals surface area (Å²) in [6.45, 7) is 6.27. The number of thiophene rings is 1. The molecule has 0 aliphatic carbocycles. The lowest BCUT2D eigenvalue weighted by Gasteiger charge is -2.09. The first-order valence-corrected chi connectivity index (χ1v) is 11.2. The van der Waals surface area contributed by atoms with Crippen LogP contribution in [0, 0.1) is 6.92 Å². The number of imidazole rings is 1. The highest BCUT2D eigenvalue weighted by atomic mass is 32.1. The Labute approximate surface area is 194 Å². The van der Waals surface area contributed by atoms with Gasteiger partial charge in [0.2, 0.25) is 11.8 Å². The molecule has 0 unspecified atom stereocenters. The molecule has 0 saturated heterocycles. The van der Waals surface area contributed by atoms with Crippen LogP contribution in [-0.4, -0.2) is 46.4 Å². The summed E-state index contributed by atoms with van der Waals surface area (Å²) in [5.74, 6) is 2.64. The van der Waals surface area contributed by atoms with Crippen molar-refractivity contribution in [3.63, 3.8) is 0 Å². The highest BCUT2D eigenvalue weighted by Crippen LogP contribution is 2.40. The van der Waals surface area contributed by atoms with E-state index in [0.717, 1.165) is 26.4 Å². The number of hydrogen-bond donors (Lipinski definition) is 1. The van der Waals surface area contributed by atoms with Gasteiger partial charge in [0, 0.05) is 43.9 Å². The van der Waals surface area contributed by atoms with Crippen molar-refractivity contribution >= 4 is 33.3 Å². The van der Waals surface area contributed by atoms with Gasteiger partial charge in [-0.1, -0.05) is 0 Å². The summed E-state index contributed by atoms with van der Waals surface area (Å²) >= 11 is 1.58. The van der Waals surface area contributed by atoms with E-state index >= 15 is 0 Å². The second kappa shape index (κ2) is 8.24. The van der Waals surface area contributed by atoms with E-state index < -0.39 is 0 Å². The topological polar surface area (TPSA) is 108 Å². The molecule has 5 rings (SSSR count). The zero-order valence-corrected chi connectivity index (χ0v) is 19.8. The third kappa shape index (κ3) is 3.80. The Balaban J connectivity index is 1.69. The molecular weight excluding hydrogens is 438 g/mol. The van der Waals surface area contributed by atoms with Crippen molar-refractivity contribution in [2.24, 2.45) is 7.05 Å². The molecule has 0 aliphatic rings. The lowest BCUT2D eigenvalue weighted by Crippen LogP contribution is -2.04. The quantitative estimate of drug-likeness (QED) is 0.397. The highest BCUT2D eigenvalue weighted by molar-refractivity contribution is 7.22. The van der Waals surface area contributed by atoms with Crippen LogP contribution in [0.15, 0.2) is 36.9 Å². The van der Waals surface area contributed by atoms with Crippen molar-refractivity contribution in [3.8, 4) is 28.1 Å². The molecule has 168 valence electrons. The van der Waals surface area contributed by atoms with E-state index in [1.807, 2.05) is 34.8 Å². The van der Waals surface area contributed by atoms with Gasteiger partial charge in [0.1, 0.15) is 16.3 Å². The first-order chi connectivity index (χ1) is 15.9. The molecule has 33 heavy (non-hydrogen) atoms. The molecule has 5 aromatic heterocycles. The minimum Gasteiger partial charge on any atom is -0.481 e. The number of fused-ring (bicyclic) bond motifs is 1. The van der Waals surface area contributed by atoms with Crippen molar-refractivity contribution in [2.75, 3.05) is 12.4 Å². The molecule has 5 aromatic rings. The van der Waals surface area contributed by atoms with E-state index in [0.29, 0.717) is 29.3 Å². The number of rotatable bonds is 6. The van der Waals surface area contributed by atoms with Gasteiger partial charge in [0.05, 0.1) is 17.4 Å². The fraction of sp³-hybridized carbons (Fsp3) is 0.273. The number of hydrogen-bond acceptors (Lipinski definition) is 9. The van der Waals surface area contributed by atoms with Gasteiger partial charge in [-0.2, -0.15) is 10.1 Å². The SMILES string of the molecule is COc1ccnc(Nc2nc(-c3nccn3C)nc3sc(-c4ccn(C(C)C)n4)c(C)c23)n1. The number of anilines is 2. The summed E-state index contributed by atoms with van der Waals surface area (Å²) in [6, 6.07) is 4.01. The summed E-state index contributed by atoms with van der Waals surface area (Å²) in [5, 5.41) is 8.92. The molecule has 11 heteroatoms. The monoisotopic (exact) mass is 461 g/mol. The number of ether oxygens (including phenoxy) is 1. The van der Waals surface area contributed by atoms with Crippen molar-refractivity contribution in [2.45, 2.75) is 26.8 Å². The number of nitrogens with zero attached hydrogens (tertiary/aromatic N) is 8. The minimum absolute atomic E-state index is 0.283. The second-order valence-electron chi connectivity index (χ2n) is 7.82. The first-order valence-electron chi connectivity index (χ1n) is 10.4. The van der Waals surface area contributed by atoms with Crippen LogP contribution in [0.5, 0.6) is 5.88 Å². The van der Waals surface area contributed by atoms with Gasteiger partial charge in [-0.3, -0.25) is 4.68 Å². The van der Waals surface area contributed by atoms with Gasteiger partial charge in [-0.15, -0.1) is 11.3 Å². The zero-order chi connectivity index (χ0) is 23.1. The van der Waals surface area contributed by atoms with E-state index in [-0.39, 0.29) is 6.04 Å². The van der Waals surface area contributed by atoms with Crippen LogP contribution in [0.4, 0.5) is 11.8 Å². The molecule has 0 amide bonds. The summed E-state index contributed by atoms with van der Waals surface area (Å²) in [6.07, 6.45) is 7.23. The Morgan fingerprint density at radius 1 is 1.06 bits per heavy atom. The van der Waals surface area contributed by atoms with Crippen LogP contribution >= 0.6 is 11.3 Å².